The second kappa shape index (κ2) is 3.86. The maximum Gasteiger partial charge on any atom is 0.302 e. The average molecular weight is 221 g/mol. The summed E-state index contributed by atoms with van der Waals surface area (Å²) in [4.78, 5) is 8.99. The molecule has 0 unspecified atom stereocenters. The van der Waals surface area contributed by atoms with E-state index in [-0.39, 0.29) is 0 Å². The molecule has 15 heavy (non-hydrogen) atoms. The first-order chi connectivity index (χ1) is 7.16. The fraction of sp³-hybridized carbons (Fsp3) is 0.200. The van der Waals surface area contributed by atoms with Crippen LogP contribution in [-0.4, -0.2) is 34.1 Å². The number of benzene rings is 1. The molecule has 4 nitrogen and oxygen atoms in total. The Balaban J connectivity index is 2.26. The van der Waals surface area contributed by atoms with E-state index in [9.17, 15) is 0 Å². The molecule has 0 radical (unpaired) electrons. The number of aromatic nitrogens is 2. The number of aromatic amines is 1. The number of thiocarbonyl (C=S) groups is 1. The molecule has 0 aliphatic carbocycles. The summed E-state index contributed by atoms with van der Waals surface area (Å²) in [6.45, 7) is 0. The Hall–Kier alpha value is -1.62. The minimum atomic E-state index is 0.383. The van der Waals surface area contributed by atoms with Crippen molar-refractivity contribution in [2.24, 2.45) is 0 Å². The number of hydrogen-bond acceptors (Lipinski definition) is 3. The second-order valence-corrected chi connectivity index (χ2v) is 3.67. The molecule has 1 aromatic heterocycles. The molecule has 0 saturated heterocycles. The zero-order valence-corrected chi connectivity index (χ0v) is 9.34. The Labute approximate surface area is 92.9 Å². The minimum absolute atomic E-state index is 0.383. The van der Waals surface area contributed by atoms with E-state index in [1.165, 1.54) is 0 Å². The molecule has 0 spiro atoms. The van der Waals surface area contributed by atoms with Gasteiger partial charge < -0.3 is 14.6 Å². The highest BCUT2D eigenvalue weighted by Gasteiger charge is 2.06. The van der Waals surface area contributed by atoms with Gasteiger partial charge in [0.25, 0.3) is 5.17 Å². The van der Waals surface area contributed by atoms with Crippen molar-refractivity contribution in [2.45, 2.75) is 0 Å². The maximum atomic E-state index is 5.35. The van der Waals surface area contributed by atoms with E-state index < -0.39 is 0 Å². The highest BCUT2D eigenvalue weighted by atomic mass is 32.1. The van der Waals surface area contributed by atoms with E-state index in [4.69, 9.17) is 17.0 Å². The van der Waals surface area contributed by atoms with Crippen LogP contribution in [0, 0.1) is 0 Å². The van der Waals surface area contributed by atoms with Crippen molar-refractivity contribution in [3.05, 3.63) is 24.3 Å². The lowest BCUT2D eigenvalue weighted by Gasteiger charge is -2.11. The predicted octanol–water partition coefficient (Wildman–Crippen LogP) is 1.79. The van der Waals surface area contributed by atoms with E-state index in [0.29, 0.717) is 11.2 Å². The summed E-state index contributed by atoms with van der Waals surface area (Å²) in [7, 11) is 3.65. The number of ether oxygens (including phenoxy) is 1. The van der Waals surface area contributed by atoms with Gasteiger partial charge in [-0.2, -0.15) is 4.98 Å². The molecule has 5 heteroatoms. The first-order valence-corrected chi connectivity index (χ1v) is 4.91. The minimum Gasteiger partial charge on any atom is -0.398 e. The van der Waals surface area contributed by atoms with Gasteiger partial charge in [0.15, 0.2) is 0 Å². The summed E-state index contributed by atoms with van der Waals surface area (Å²) in [5.74, 6) is 0. The van der Waals surface area contributed by atoms with Crippen molar-refractivity contribution in [1.82, 2.24) is 14.9 Å². The fourth-order valence-corrected chi connectivity index (χ4v) is 1.23. The number of hydrogen-bond donors (Lipinski definition) is 1. The third-order valence-corrected chi connectivity index (χ3v) is 2.37. The largest absolute Gasteiger partial charge is 0.398 e. The van der Waals surface area contributed by atoms with Gasteiger partial charge in [0.05, 0.1) is 11.0 Å². The van der Waals surface area contributed by atoms with Gasteiger partial charge in [-0.25, -0.2) is 0 Å². The Bertz CT molecular complexity index is 459. The van der Waals surface area contributed by atoms with Crippen molar-refractivity contribution in [1.29, 1.82) is 0 Å². The molecule has 0 amide bonds. The topological polar surface area (TPSA) is 41.1 Å². The van der Waals surface area contributed by atoms with E-state index in [2.05, 4.69) is 9.97 Å². The molecular weight excluding hydrogens is 210 g/mol. The van der Waals surface area contributed by atoms with Crippen molar-refractivity contribution < 1.29 is 4.74 Å². The lowest BCUT2D eigenvalue weighted by Crippen LogP contribution is -2.25. The first kappa shape index (κ1) is 9.92. The highest BCUT2D eigenvalue weighted by molar-refractivity contribution is 7.80. The van der Waals surface area contributed by atoms with Gasteiger partial charge in [-0.05, 0) is 24.4 Å². The zero-order chi connectivity index (χ0) is 10.8. The third-order valence-electron chi connectivity index (χ3n) is 1.92. The van der Waals surface area contributed by atoms with E-state index in [1.54, 1.807) is 4.90 Å². The summed E-state index contributed by atoms with van der Waals surface area (Å²) in [6, 6.07) is 8.15. The van der Waals surface area contributed by atoms with Crippen molar-refractivity contribution in [3.8, 4) is 6.01 Å². The summed E-state index contributed by atoms with van der Waals surface area (Å²) >= 11 is 5.01. The number of nitrogens with zero attached hydrogens (tertiary/aromatic N) is 2. The van der Waals surface area contributed by atoms with Gasteiger partial charge >= 0.3 is 6.01 Å². The molecule has 0 bridgehead atoms. The quantitative estimate of drug-likeness (QED) is 0.745. The zero-order valence-electron chi connectivity index (χ0n) is 8.52. The number of rotatable bonds is 1. The van der Waals surface area contributed by atoms with E-state index in [1.807, 2.05) is 38.4 Å². The first-order valence-electron chi connectivity index (χ1n) is 4.50. The van der Waals surface area contributed by atoms with E-state index in [0.717, 1.165) is 11.0 Å². The molecule has 0 atom stereocenters. The normalized spacial score (nSPS) is 10.3. The average Bonchev–Trinajstić information content (AvgIpc) is 2.59. The van der Waals surface area contributed by atoms with Gasteiger partial charge in [0.1, 0.15) is 0 Å². The van der Waals surface area contributed by atoms with Crippen LogP contribution in [0.25, 0.3) is 11.0 Å². The summed E-state index contributed by atoms with van der Waals surface area (Å²) in [5.41, 5.74) is 1.81. The number of para-hydroxylation sites is 2. The Morgan fingerprint density at radius 1 is 1.40 bits per heavy atom. The van der Waals surface area contributed by atoms with Crippen LogP contribution < -0.4 is 4.74 Å². The van der Waals surface area contributed by atoms with Gasteiger partial charge in [-0.15, -0.1) is 0 Å². The van der Waals surface area contributed by atoms with E-state index >= 15 is 0 Å². The molecule has 2 rings (SSSR count). The molecule has 1 heterocycles. The van der Waals surface area contributed by atoms with Crippen LogP contribution in [-0.2, 0) is 0 Å². The summed E-state index contributed by atoms with van der Waals surface area (Å²) in [5, 5.41) is 0.383. The molecule has 0 fully saturated rings. The monoisotopic (exact) mass is 221 g/mol. The van der Waals surface area contributed by atoms with Crippen LogP contribution >= 0.6 is 12.2 Å². The van der Waals surface area contributed by atoms with Crippen LogP contribution in [0.15, 0.2) is 24.3 Å². The third kappa shape index (κ3) is 2.07. The standard InChI is InChI=1S/C10H11N3OS/c1-13(2)10(15)14-9-11-7-5-3-4-6-8(7)12-9/h3-6H,1-2H3,(H,11,12). The molecule has 2 aromatic rings. The number of H-pyrrole nitrogens is 1. The van der Waals surface area contributed by atoms with Crippen LogP contribution in [0.5, 0.6) is 6.01 Å². The van der Waals surface area contributed by atoms with Gasteiger partial charge in [0, 0.05) is 14.1 Å². The van der Waals surface area contributed by atoms with Crippen molar-refractivity contribution in [2.75, 3.05) is 14.1 Å². The lowest BCUT2D eigenvalue weighted by molar-refractivity contribution is 0.428. The van der Waals surface area contributed by atoms with Gasteiger partial charge in [-0.3, -0.25) is 0 Å². The summed E-state index contributed by atoms with van der Waals surface area (Å²) in [6.07, 6.45) is 0. The van der Waals surface area contributed by atoms with Gasteiger partial charge in [0.2, 0.25) is 0 Å². The SMILES string of the molecule is CN(C)C(=S)Oc1nc2ccccc2[nH]1. The molecule has 0 saturated carbocycles. The van der Waals surface area contributed by atoms with Crippen molar-refractivity contribution in [3.63, 3.8) is 0 Å². The highest BCUT2D eigenvalue weighted by Crippen LogP contribution is 2.15. The smallest absolute Gasteiger partial charge is 0.302 e. The lowest BCUT2D eigenvalue weighted by atomic mass is 10.3. The van der Waals surface area contributed by atoms with Gasteiger partial charge in [-0.1, -0.05) is 12.1 Å². The maximum absolute atomic E-state index is 5.35. The number of imidazole rings is 1. The predicted molar refractivity (Wildman–Crippen MR) is 63.0 cm³/mol. The van der Waals surface area contributed by atoms with Crippen LogP contribution in [0.3, 0.4) is 0 Å². The second-order valence-electron chi connectivity index (χ2n) is 3.32. The molecular formula is C10H11N3OS. The number of fused-ring (bicyclic) bond motifs is 1. The van der Waals surface area contributed by atoms with Crippen LogP contribution in [0.4, 0.5) is 0 Å². The molecule has 1 aromatic carbocycles. The molecule has 1 N–H and O–H groups in total. The Morgan fingerprint density at radius 2 is 2.13 bits per heavy atom. The molecule has 0 aliphatic heterocycles. The Kier molecular flexibility index (Phi) is 2.55. The fourth-order valence-electron chi connectivity index (χ4n) is 1.15. The van der Waals surface area contributed by atoms with Crippen LogP contribution in [0.1, 0.15) is 0 Å². The summed E-state index contributed by atoms with van der Waals surface area (Å²) < 4.78 is 5.35. The molecule has 78 valence electrons. The number of nitrogens with one attached hydrogen (secondary N) is 1. The Morgan fingerprint density at radius 3 is 2.80 bits per heavy atom. The van der Waals surface area contributed by atoms with Crippen molar-refractivity contribution >= 4 is 28.4 Å². The van der Waals surface area contributed by atoms with Crippen LogP contribution in [0.2, 0.25) is 0 Å². The molecule has 0 aliphatic rings.